The van der Waals surface area contributed by atoms with E-state index in [0.29, 0.717) is 0 Å². The highest BCUT2D eigenvalue weighted by Gasteiger charge is 2.23. The number of nitrogens with zero attached hydrogens (tertiary/aromatic N) is 3. The van der Waals surface area contributed by atoms with Gasteiger partial charge >= 0.3 is 5.97 Å². The molecule has 0 bridgehead atoms. The van der Waals surface area contributed by atoms with Crippen LogP contribution in [-0.4, -0.2) is 49.8 Å². The second-order valence-corrected chi connectivity index (χ2v) is 10.0. The Balaban J connectivity index is 1.41. The standard InChI is InChI=1S/C29H36N3O3/c1-30-26-14-8-9-15-27(26)35-28(30)22-23-17-19-31(25-13-7-6-12-24(23)25)18-11-21-32(2,3)20-10-4-5-16-29(33)34/h6-9,12-15,17,19,22H,4-5,10-11,16,18,20-21H2,1-3H3/q+1/p+1. The van der Waals surface area contributed by atoms with Gasteiger partial charge in [0.2, 0.25) is 11.4 Å². The molecular formula is C29H37N3O3+2. The lowest BCUT2D eigenvalue weighted by Crippen LogP contribution is -2.44. The lowest BCUT2D eigenvalue weighted by Gasteiger charge is -2.29. The van der Waals surface area contributed by atoms with E-state index >= 15 is 0 Å². The van der Waals surface area contributed by atoms with Gasteiger partial charge in [-0.3, -0.25) is 4.79 Å². The summed E-state index contributed by atoms with van der Waals surface area (Å²) in [6.45, 7) is 3.12. The number of anilines is 1. The fourth-order valence-electron chi connectivity index (χ4n) is 4.78. The van der Waals surface area contributed by atoms with Crippen molar-refractivity contribution < 1.29 is 23.7 Å². The summed E-state index contributed by atoms with van der Waals surface area (Å²) < 4.78 is 9.42. The van der Waals surface area contributed by atoms with Gasteiger partial charge in [0.1, 0.15) is 0 Å². The summed E-state index contributed by atoms with van der Waals surface area (Å²) in [6, 6.07) is 18.8. The van der Waals surface area contributed by atoms with Crippen molar-refractivity contribution in [3.8, 4) is 5.75 Å². The van der Waals surface area contributed by atoms with Gasteiger partial charge in [-0.2, -0.15) is 4.57 Å². The summed E-state index contributed by atoms with van der Waals surface area (Å²) >= 11 is 0. The first-order valence-corrected chi connectivity index (χ1v) is 12.5. The molecule has 1 aliphatic rings. The van der Waals surface area contributed by atoms with Crippen LogP contribution >= 0.6 is 0 Å². The summed E-state index contributed by atoms with van der Waals surface area (Å²) in [4.78, 5) is 12.8. The first-order valence-electron chi connectivity index (χ1n) is 12.5. The van der Waals surface area contributed by atoms with Gasteiger partial charge in [-0.25, -0.2) is 0 Å². The van der Waals surface area contributed by atoms with Crippen molar-refractivity contribution in [1.29, 1.82) is 0 Å². The monoisotopic (exact) mass is 475 g/mol. The number of aromatic nitrogens is 1. The molecule has 4 rings (SSSR count). The average Bonchev–Trinajstić information content (AvgIpc) is 3.15. The number of fused-ring (bicyclic) bond motifs is 2. The van der Waals surface area contributed by atoms with E-state index in [4.69, 9.17) is 9.84 Å². The summed E-state index contributed by atoms with van der Waals surface area (Å²) in [5.74, 6) is 1.02. The second kappa shape index (κ2) is 10.9. The van der Waals surface area contributed by atoms with E-state index < -0.39 is 5.97 Å². The van der Waals surface area contributed by atoms with E-state index in [1.807, 2.05) is 25.2 Å². The maximum absolute atomic E-state index is 10.7. The van der Waals surface area contributed by atoms with E-state index in [2.05, 4.69) is 72.2 Å². The molecule has 1 aromatic heterocycles. The third-order valence-corrected chi connectivity index (χ3v) is 6.83. The molecule has 3 aromatic rings. The number of hydrogen-bond acceptors (Lipinski definition) is 3. The minimum Gasteiger partial charge on any atom is -0.481 e. The van der Waals surface area contributed by atoms with E-state index in [0.717, 1.165) is 72.7 Å². The van der Waals surface area contributed by atoms with E-state index in [9.17, 15) is 4.79 Å². The molecule has 6 nitrogen and oxygen atoms in total. The Bertz CT molecular complexity index is 1220. The zero-order chi connectivity index (χ0) is 24.8. The van der Waals surface area contributed by atoms with Crippen LogP contribution in [0.4, 0.5) is 5.69 Å². The molecule has 0 atom stereocenters. The van der Waals surface area contributed by atoms with Gasteiger partial charge in [0.15, 0.2) is 18.5 Å². The normalized spacial score (nSPS) is 14.4. The second-order valence-electron chi connectivity index (χ2n) is 10.0. The maximum Gasteiger partial charge on any atom is 0.303 e. The number of unbranched alkanes of at least 4 members (excludes halogenated alkanes) is 2. The molecule has 0 saturated carbocycles. The summed E-state index contributed by atoms with van der Waals surface area (Å²) in [5.41, 5.74) is 3.44. The number of rotatable bonds is 11. The molecule has 0 amide bonds. The zero-order valence-electron chi connectivity index (χ0n) is 21.1. The highest BCUT2D eigenvalue weighted by molar-refractivity contribution is 5.86. The highest BCUT2D eigenvalue weighted by atomic mass is 16.5. The van der Waals surface area contributed by atoms with Gasteiger partial charge in [0.25, 0.3) is 0 Å². The third kappa shape index (κ3) is 6.20. The van der Waals surface area contributed by atoms with Crippen molar-refractivity contribution in [3.63, 3.8) is 0 Å². The Morgan fingerprint density at radius 1 is 1.00 bits per heavy atom. The van der Waals surface area contributed by atoms with Crippen LogP contribution in [0.1, 0.15) is 37.7 Å². The van der Waals surface area contributed by atoms with E-state index in [1.165, 1.54) is 10.9 Å². The predicted molar refractivity (Wildman–Crippen MR) is 140 cm³/mol. The van der Waals surface area contributed by atoms with Crippen molar-refractivity contribution in [3.05, 3.63) is 72.2 Å². The first kappa shape index (κ1) is 24.7. The van der Waals surface area contributed by atoms with Crippen LogP contribution in [0.15, 0.2) is 66.7 Å². The highest BCUT2D eigenvalue weighted by Crippen LogP contribution is 2.38. The molecule has 0 saturated heterocycles. The van der Waals surface area contributed by atoms with Crippen molar-refractivity contribution in [2.45, 2.75) is 38.6 Å². The number of hydrogen-bond donors (Lipinski definition) is 1. The van der Waals surface area contributed by atoms with Gasteiger partial charge in [-0.1, -0.05) is 24.3 Å². The maximum atomic E-state index is 10.7. The SMILES string of the molecule is CN1/C(=C/c2cc[n+](CCC[N+](C)(C)CCCCCC(=O)O)c3ccccc23)Oc2ccccc21. The zero-order valence-corrected chi connectivity index (χ0v) is 21.1. The molecule has 6 heteroatoms. The number of carboxylic acid groups (broad SMARTS) is 1. The van der Waals surface area contributed by atoms with Crippen LogP contribution in [0.2, 0.25) is 0 Å². The number of pyridine rings is 1. The number of benzene rings is 2. The Kier molecular flexibility index (Phi) is 7.71. The minimum atomic E-state index is -0.696. The van der Waals surface area contributed by atoms with Gasteiger partial charge in [-0.15, -0.1) is 0 Å². The number of para-hydroxylation sites is 3. The van der Waals surface area contributed by atoms with Crippen molar-refractivity contribution >= 4 is 28.6 Å². The molecular weight excluding hydrogens is 438 g/mol. The molecule has 35 heavy (non-hydrogen) atoms. The van der Waals surface area contributed by atoms with Gasteiger partial charge in [-0.05, 0) is 43.0 Å². The number of aryl methyl sites for hydroxylation is 1. The number of carboxylic acids is 1. The fourth-order valence-corrected chi connectivity index (χ4v) is 4.78. The lowest BCUT2D eigenvalue weighted by molar-refractivity contribution is -0.892. The Morgan fingerprint density at radius 2 is 1.74 bits per heavy atom. The van der Waals surface area contributed by atoms with Gasteiger partial charge in [0, 0.05) is 31.7 Å². The Morgan fingerprint density at radius 3 is 2.54 bits per heavy atom. The summed E-state index contributed by atoms with van der Waals surface area (Å²) in [7, 11) is 6.58. The molecule has 0 spiro atoms. The summed E-state index contributed by atoms with van der Waals surface area (Å²) in [5, 5.41) is 10.0. The average molecular weight is 476 g/mol. The van der Waals surface area contributed by atoms with E-state index in [1.54, 1.807) is 0 Å². The van der Waals surface area contributed by atoms with Crippen molar-refractivity contribution in [1.82, 2.24) is 0 Å². The van der Waals surface area contributed by atoms with Crippen LogP contribution in [0.3, 0.4) is 0 Å². The van der Waals surface area contributed by atoms with Crippen LogP contribution < -0.4 is 14.2 Å². The molecule has 1 N–H and O–H groups in total. The molecule has 0 unspecified atom stereocenters. The fraction of sp³-hybridized carbons (Fsp3) is 0.379. The van der Waals surface area contributed by atoms with E-state index in [-0.39, 0.29) is 6.42 Å². The predicted octanol–water partition coefficient (Wildman–Crippen LogP) is 5.07. The number of ether oxygens (including phenoxy) is 1. The first-order chi connectivity index (χ1) is 16.8. The minimum absolute atomic E-state index is 0.277. The molecule has 2 heterocycles. The number of carbonyl (C=O) groups is 1. The molecule has 0 aliphatic carbocycles. The Labute approximate surface area is 208 Å². The Hall–Kier alpha value is -3.38. The smallest absolute Gasteiger partial charge is 0.303 e. The molecule has 1 aliphatic heterocycles. The number of aliphatic carboxylic acids is 1. The van der Waals surface area contributed by atoms with Gasteiger partial charge < -0.3 is 19.2 Å². The third-order valence-electron chi connectivity index (χ3n) is 6.83. The number of quaternary nitrogens is 1. The lowest BCUT2D eigenvalue weighted by atomic mass is 10.1. The van der Waals surface area contributed by atoms with Crippen LogP contribution in [0, 0.1) is 0 Å². The van der Waals surface area contributed by atoms with Crippen molar-refractivity contribution in [2.24, 2.45) is 0 Å². The van der Waals surface area contributed by atoms with Crippen molar-refractivity contribution in [2.75, 3.05) is 39.1 Å². The topological polar surface area (TPSA) is 53.7 Å². The molecule has 184 valence electrons. The van der Waals surface area contributed by atoms with Crippen LogP contribution in [0.5, 0.6) is 5.75 Å². The summed E-state index contributed by atoms with van der Waals surface area (Å²) in [6.07, 6.45) is 8.48. The largest absolute Gasteiger partial charge is 0.481 e. The van der Waals surface area contributed by atoms with Crippen LogP contribution in [-0.2, 0) is 11.3 Å². The molecule has 2 aromatic carbocycles. The van der Waals surface area contributed by atoms with Gasteiger partial charge in [0.05, 0.1) is 44.7 Å². The molecule has 0 radical (unpaired) electrons. The molecule has 0 fully saturated rings. The quantitative estimate of drug-likeness (QED) is 0.239. The van der Waals surface area contributed by atoms with Crippen LogP contribution in [0.25, 0.3) is 17.0 Å².